The Kier molecular flexibility index (Phi) is 6.29. The molecule has 0 unspecified atom stereocenters. The number of thiazole rings is 1. The summed E-state index contributed by atoms with van der Waals surface area (Å²) in [4.78, 5) is 19.9. The molecule has 9 nitrogen and oxygen atoms in total. The summed E-state index contributed by atoms with van der Waals surface area (Å²) in [5.74, 6) is 1.95. The van der Waals surface area contributed by atoms with E-state index in [2.05, 4.69) is 15.2 Å². The number of nitrogen functional groups attached to an aromatic ring is 1. The summed E-state index contributed by atoms with van der Waals surface area (Å²) in [5, 5.41) is 3.74. The van der Waals surface area contributed by atoms with Gasteiger partial charge in [-0.15, -0.1) is 0 Å². The van der Waals surface area contributed by atoms with E-state index < -0.39 is 0 Å². The maximum Gasteiger partial charge on any atom is 0.231 e. The first kappa shape index (κ1) is 21.5. The van der Waals surface area contributed by atoms with Gasteiger partial charge in [0.25, 0.3) is 0 Å². The van der Waals surface area contributed by atoms with Crippen molar-refractivity contribution in [1.29, 1.82) is 0 Å². The standard InChI is InChI=1S/C23H24N4O5S/c24-22-21(20(28)15-1-6-18-19(13-15)32-14-31-18)33-23(26-22)25-16-2-4-17(5-3-16)30-12-9-27-7-10-29-11-8-27/h1-6,13H,7-12,14,24H2,(H,25,26). The number of ether oxygens (including phenoxy) is 4. The summed E-state index contributed by atoms with van der Waals surface area (Å²) in [6, 6.07) is 12.7. The van der Waals surface area contributed by atoms with Crippen molar-refractivity contribution in [3.63, 3.8) is 0 Å². The first-order valence-corrected chi connectivity index (χ1v) is 11.5. The van der Waals surface area contributed by atoms with Crippen LogP contribution in [0, 0.1) is 0 Å². The van der Waals surface area contributed by atoms with Gasteiger partial charge in [-0.1, -0.05) is 11.3 Å². The largest absolute Gasteiger partial charge is 0.492 e. The van der Waals surface area contributed by atoms with Crippen LogP contribution >= 0.6 is 11.3 Å². The number of morpholine rings is 1. The summed E-state index contributed by atoms with van der Waals surface area (Å²) in [7, 11) is 0. The van der Waals surface area contributed by atoms with Gasteiger partial charge in [0.1, 0.15) is 23.1 Å². The van der Waals surface area contributed by atoms with Crippen LogP contribution in [0.2, 0.25) is 0 Å². The monoisotopic (exact) mass is 468 g/mol. The van der Waals surface area contributed by atoms with Gasteiger partial charge < -0.3 is 30.0 Å². The number of nitrogens with two attached hydrogens (primary N) is 1. The molecule has 1 saturated heterocycles. The molecule has 10 heteroatoms. The summed E-state index contributed by atoms with van der Waals surface area (Å²) < 4.78 is 21.9. The van der Waals surface area contributed by atoms with E-state index >= 15 is 0 Å². The fourth-order valence-corrected chi connectivity index (χ4v) is 4.46. The van der Waals surface area contributed by atoms with Gasteiger partial charge in [-0.25, -0.2) is 4.98 Å². The van der Waals surface area contributed by atoms with Gasteiger partial charge in [-0.3, -0.25) is 9.69 Å². The number of ketones is 1. The Morgan fingerprint density at radius 1 is 1.12 bits per heavy atom. The second kappa shape index (κ2) is 9.65. The van der Waals surface area contributed by atoms with Crippen LogP contribution in [0.1, 0.15) is 15.2 Å². The highest BCUT2D eigenvalue weighted by Gasteiger charge is 2.21. The molecule has 5 rings (SSSR count). The number of carbonyl (C=O) groups excluding carboxylic acids is 1. The number of nitrogens with one attached hydrogen (secondary N) is 1. The zero-order valence-corrected chi connectivity index (χ0v) is 18.7. The molecule has 1 fully saturated rings. The zero-order valence-electron chi connectivity index (χ0n) is 17.9. The molecular weight excluding hydrogens is 444 g/mol. The summed E-state index contributed by atoms with van der Waals surface area (Å²) in [5.41, 5.74) is 7.33. The van der Waals surface area contributed by atoms with Gasteiger partial charge in [0, 0.05) is 30.9 Å². The lowest BCUT2D eigenvalue weighted by Crippen LogP contribution is -2.38. The Morgan fingerprint density at radius 3 is 2.73 bits per heavy atom. The number of nitrogens with zero attached hydrogens (tertiary/aromatic N) is 2. The number of rotatable bonds is 8. The van der Waals surface area contributed by atoms with Crippen LogP contribution in [0.5, 0.6) is 17.2 Å². The number of carbonyl (C=O) groups is 1. The van der Waals surface area contributed by atoms with Gasteiger partial charge >= 0.3 is 0 Å². The zero-order chi connectivity index (χ0) is 22.6. The molecule has 3 aromatic rings. The highest BCUT2D eigenvalue weighted by Crippen LogP contribution is 2.35. The lowest BCUT2D eigenvalue weighted by molar-refractivity contribution is 0.0322. The molecule has 3 N–H and O–H groups in total. The lowest BCUT2D eigenvalue weighted by Gasteiger charge is -2.26. The molecule has 0 saturated carbocycles. The molecule has 0 bridgehead atoms. The molecule has 2 aromatic carbocycles. The van der Waals surface area contributed by atoms with Gasteiger partial charge in [-0.2, -0.15) is 0 Å². The molecule has 0 aliphatic carbocycles. The van der Waals surface area contributed by atoms with Crippen LogP contribution in [0.25, 0.3) is 0 Å². The van der Waals surface area contributed by atoms with E-state index in [0.29, 0.717) is 33.7 Å². The molecular formula is C23H24N4O5S. The first-order valence-electron chi connectivity index (χ1n) is 10.7. The van der Waals surface area contributed by atoms with Crippen LogP contribution in [-0.2, 0) is 4.74 Å². The van der Waals surface area contributed by atoms with Crippen molar-refractivity contribution in [2.75, 3.05) is 57.3 Å². The number of anilines is 3. The summed E-state index contributed by atoms with van der Waals surface area (Å²) in [6.07, 6.45) is 0. The molecule has 33 heavy (non-hydrogen) atoms. The Balaban J connectivity index is 1.18. The molecule has 0 spiro atoms. The van der Waals surface area contributed by atoms with Crippen molar-refractivity contribution < 1.29 is 23.7 Å². The molecule has 2 aliphatic heterocycles. The predicted octanol–water partition coefficient (Wildman–Crippen LogP) is 3.14. The van der Waals surface area contributed by atoms with Gasteiger partial charge in [0.15, 0.2) is 16.6 Å². The SMILES string of the molecule is Nc1nc(Nc2ccc(OCCN3CCOCC3)cc2)sc1C(=O)c1ccc2c(c1)OCO2. The lowest BCUT2D eigenvalue weighted by atomic mass is 10.1. The van der Waals surface area contributed by atoms with E-state index in [4.69, 9.17) is 24.7 Å². The van der Waals surface area contributed by atoms with Crippen molar-refractivity contribution in [3.05, 3.63) is 52.9 Å². The third-order valence-corrected chi connectivity index (χ3v) is 6.37. The van der Waals surface area contributed by atoms with Gasteiger partial charge in [0.2, 0.25) is 12.6 Å². The first-order chi connectivity index (χ1) is 16.2. The number of hydrogen-bond acceptors (Lipinski definition) is 10. The minimum Gasteiger partial charge on any atom is -0.492 e. The van der Waals surface area contributed by atoms with E-state index in [1.54, 1.807) is 18.2 Å². The van der Waals surface area contributed by atoms with E-state index in [9.17, 15) is 4.79 Å². The van der Waals surface area contributed by atoms with Crippen molar-refractivity contribution >= 4 is 33.8 Å². The van der Waals surface area contributed by atoms with Crippen LogP contribution in [-0.4, -0.2) is 61.9 Å². The van der Waals surface area contributed by atoms with Crippen LogP contribution in [0.4, 0.5) is 16.6 Å². The van der Waals surface area contributed by atoms with Crippen molar-refractivity contribution in [2.45, 2.75) is 0 Å². The normalized spacial score (nSPS) is 15.4. The Labute approximate surface area is 195 Å². The maximum absolute atomic E-state index is 12.9. The van der Waals surface area contributed by atoms with Crippen molar-refractivity contribution in [1.82, 2.24) is 9.88 Å². The smallest absolute Gasteiger partial charge is 0.231 e. The quantitative estimate of drug-likeness (QED) is 0.482. The van der Waals surface area contributed by atoms with Crippen LogP contribution in [0.3, 0.4) is 0 Å². The third kappa shape index (κ3) is 5.03. The highest BCUT2D eigenvalue weighted by atomic mass is 32.1. The second-order valence-electron chi connectivity index (χ2n) is 7.58. The van der Waals surface area contributed by atoms with Crippen LogP contribution in [0.15, 0.2) is 42.5 Å². The molecule has 3 heterocycles. The maximum atomic E-state index is 12.9. The van der Waals surface area contributed by atoms with Crippen molar-refractivity contribution in [3.8, 4) is 17.2 Å². The minimum atomic E-state index is -0.208. The van der Waals surface area contributed by atoms with Gasteiger partial charge in [0.05, 0.1) is 13.2 Å². The molecule has 2 aliphatic rings. The average Bonchev–Trinajstić information content (AvgIpc) is 3.46. The van der Waals surface area contributed by atoms with Gasteiger partial charge in [-0.05, 0) is 42.5 Å². The van der Waals surface area contributed by atoms with Crippen LogP contribution < -0.4 is 25.3 Å². The number of fused-ring (bicyclic) bond motifs is 1. The van der Waals surface area contributed by atoms with E-state index in [1.807, 2.05) is 24.3 Å². The third-order valence-electron chi connectivity index (χ3n) is 5.38. The van der Waals surface area contributed by atoms with E-state index in [-0.39, 0.29) is 18.4 Å². The number of hydrogen-bond donors (Lipinski definition) is 2. The summed E-state index contributed by atoms with van der Waals surface area (Å²) >= 11 is 1.21. The highest BCUT2D eigenvalue weighted by molar-refractivity contribution is 7.18. The van der Waals surface area contributed by atoms with Crippen molar-refractivity contribution in [2.24, 2.45) is 0 Å². The molecule has 172 valence electrons. The Bertz CT molecular complexity index is 1130. The predicted molar refractivity (Wildman–Crippen MR) is 125 cm³/mol. The molecule has 0 amide bonds. The minimum absolute atomic E-state index is 0.154. The van der Waals surface area contributed by atoms with E-state index in [1.165, 1.54) is 11.3 Å². The van der Waals surface area contributed by atoms with E-state index in [0.717, 1.165) is 44.3 Å². The summed E-state index contributed by atoms with van der Waals surface area (Å²) in [6.45, 7) is 5.12. The molecule has 0 atom stereocenters. The Morgan fingerprint density at radius 2 is 1.91 bits per heavy atom. The Hall–Kier alpha value is -3.34. The number of benzene rings is 2. The molecule has 0 radical (unpaired) electrons. The molecule has 1 aromatic heterocycles. The average molecular weight is 469 g/mol. The fourth-order valence-electron chi connectivity index (χ4n) is 3.59. The topological polar surface area (TPSA) is 108 Å². The fraction of sp³-hybridized carbons (Fsp3) is 0.304. The second-order valence-corrected chi connectivity index (χ2v) is 8.58. The number of aromatic nitrogens is 1.